The monoisotopic (exact) mass is 313 g/mol. The summed E-state index contributed by atoms with van der Waals surface area (Å²) in [5.74, 6) is 0. The lowest BCUT2D eigenvalue weighted by atomic mass is 9.87. The van der Waals surface area contributed by atoms with E-state index < -0.39 is 0 Å². The van der Waals surface area contributed by atoms with Crippen LogP contribution in [0.5, 0.6) is 0 Å². The molecule has 0 saturated heterocycles. The van der Waals surface area contributed by atoms with Gasteiger partial charge in [0.05, 0.1) is 12.3 Å². The summed E-state index contributed by atoms with van der Waals surface area (Å²) in [5.41, 5.74) is 1.46. The maximum Gasteiger partial charge on any atom is 0.185 e. The predicted octanol–water partition coefficient (Wildman–Crippen LogP) is 3.31. The minimum absolute atomic E-state index is 0.240. The first-order valence-corrected chi connectivity index (χ1v) is 8.54. The molecule has 0 aromatic carbocycles. The lowest BCUT2D eigenvalue weighted by molar-refractivity contribution is 0.199. The van der Waals surface area contributed by atoms with E-state index in [0.29, 0.717) is 6.04 Å². The fourth-order valence-corrected chi connectivity index (χ4v) is 3.22. The molecule has 0 spiro atoms. The molecule has 4 nitrogen and oxygen atoms in total. The summed E-state index contributed by atoms with van der Waals surface area (Å²) in [6.07, 6.45) is 0.982. The molecule has 1 rings (SSSR count). The number of anilines is 1. The van der Waals surface area contributed by atoms with Gasteiger partial charge in [-0.2, -0.15) is 0 Å². The van der Waals surface area contributed by atoms with Crippen LogP contribution in [0, 0.1) is 5.41 Å². The Morgan fingerprint density at radius 3 is 2.57 bits per heavy atom. The van der Waals surface area contributed by atoms with Gasteiger partial charge in [-0.3, -0.25) is 0 Å². The molecular weight excluding hydrogens is 282 g/mol. The topological polar surface area (TPSA) is 37.4 Å². The van der Waals surface area contributed by atoms with Crippen LogP contribution in [0.2, 0.25) is 0 Å². The standard InChI is InChI=1S/C16H31N3OS/c1-8-13-14(11-17-9-10-20-7)21-15(18-13)19(6)12(2)16(3,4)5/h12,17H,8-11H2,1-7H3. The Balaban J connectivity index is 2.78. The second-order valence-electron chi connectivity index (χ2n) is 6.54. The average molecular weight is 314 g/mol. The predicted molar refractivity (Wildman–Crippen MR) is 92.4 cm³/mol. The first kappa shape index (κ1) is 18.4. The summed E-state index contributed by atoms with van der Waals surface area (Å²) >= 11 is 1.81. The van der Waals surface area contributed by atoms with Crippen LogP contribution < -0.4 is 10.2 Å². The number of aromatic nitrogens is 1. The first-order chi connectivity index (χ1) is 9.81. The van der Waals surface area contributed by atoms with Gasteiger partial charge < -0.3 is 15.0 Å². The molecule has 1 aromatic heterocycles. The zero-order valence-electron chi connectivity index (χ0n) is 14.6. The second kappa shape index (κ2) is 8.11. The molecule has 122 valence electrons. The molecule has 0 radical (unpaired) electrons. The minimum Gasteiger partial charge on any atom is -0.383 e. The largest absolute Gasteiger partial charge is 0.383 e. The van der Waals surface area contributed by atoms with Crippen LogP contribution in [0.15, 0.2) is 0 Å². The van der Waals surface area contributed by atoms with Gasteiger partial charge in [0.2, 0.25) is 0 Å². The lowest BCUT2D eigenvalue weighted by Gasteiger charge is -2.35. The molecule has 0 saturated carbocycles. The van der Waals surface area contributed by atoms with E-state index >= 15 is 0 Å². The SMILES string of the molecule is CCc1nc(N(C)C(C)C(C)(C)C)sc1CNCCOC. The van der Waals surface area contributed by atoms with Crippen LogP contribution in [-0.4, -0.2) is 38.3 Å². The third kappa shape index (κ3) is 5.24. The molecule has 0 bridgehead atoms. The molecule has 1 heterocycles. The number of thiazole rings is 1. The second-order valence-corrected chi connectivity index (χ2v) is 7.60. The summed E-state index contributed by atoms with van der Waals surface area (Å²) < 4.78 is 5.07. The fourth-order valence-electron chi connectivity index (χ4n) is 2.06. The highest BCUT2D eigenvalue weighted by atomic mass is 32.1. The first-order valence-electron chi connectivity index (χ1n) is 7.72. The smallest absolute Gasteiger partial charge is 0.185 e. The number of hydrogen-bond donors (Lipinski definition) is 1. The van der Waals surface area contributed by atoms with Crippen molar-refractivity contribution in [1.82, 2.24) is 10.3 Å². The molecule has 1 unspecified atom stereocenters. The quantitative estimate of drug-likeness (QED) is 0.747. The van der Waals surface area contributed by atoms with E-state index in [4.69, 9.17) is 9.72 Å². The molecule has 0 aliphatic carbocycles. The molecule has 1 aromatic rings. The number of hydrogen-bond acceptors (Lipinski definition) is 5. The molecule has 5 heteroatoms. The van der Waals surface area contributed by atoms with Gasteiger partial charge >= 0.3 is 0 Å². The Hall–Kier alpha value is -0.650. The molecular formula is C16H31N3OS. The van der Waals surface area contributed by atoms with Crippen molar-refractivity contribution in [2.75, 3.05) is 32.2 Å². The van der Waals surface area contributed by atoms with Gasteiger partial charge in [-0.1, -0.05) is 27.7 Å². The van der Waals surface area contributed by atoms with Crippen LogP contribution >= 0.6 is 11.3 Å². The van der Waals surface area contributed by atoms with Crippen molar-refractivity contribution in [1.29, 1.82) is 0 Å². The summed E-state index contributed by atoms with van der Waals surface area (Å²) in [7, 11) is 3.88. The summed E-state index contributed by atoms with van der Waals surface area (Å²) in [6, 6.07) is 0.447. The molecule has 1 N–H and O–H groups in total. The summed E-state index contributed by atoms with van der Waals surface area (Å²) in [4.78, 5) is 8.49. The minimum atomic E-state index is 0.240. The highest BCUT2D eigenvalue weighted by Gasteiger charge is 2.26. The molecule has 0 aliphatic heterocycles. The van der Waals surface area contributed by atoms with Gasteiger partial charge in [-0.25, -0.2) is 4.98 Å². The number of nitrogens with zero attached hydrogens (tertiary/aromatic N) is 2. The van der Waals surface area contributed by atoms with E-state index in [1.807, 2.05) is 0 Å². The number of nitrogens with one attached hydrogen (secondary N) is 1. The van der Waals surface area contributed by atoms with Gasteiger partial charge in [0.25, 0.3) is 0 Å². The molecule has 21 heavy (non-hydrogen) atoms. The summed E-state index contributed by atoms with van der Waals surface area (Å²) in [5, 5.41) is 4.54. The maximum atomic E-state index is 5.07. The normalized spacial score (nSPS) is 13.5. The van der Waals surface area contributed by atoms with Crippen LogP contribution in [-0.2, 0) is 17.7 Å². The van der Waals surface area contributed by atoms with E-state index in [0.717, 1.165) is 31.2 Å². The van der Waals surface area contributed by atoms with E-state index in [1.54, 1.807) is 18.4 Å². The van der Waals surface area contributed by atoms with Crippen LogP contribution in [0.3, 0.4) is 0 Å². The van der Waals surface area contributed by atoms with E-state index in [9.17, 15) is 0 Å². The Kier molecular flexibility index (Phi) is 7.10. The van der Waals surface area contributed by atoms with Gasteiger partial charge in [0.1, 0.15) is 0 Å². The van der Waals surface area contributed by atoms with Crippen LogP contribution in [0.4, 0.5) is 5.13 Å². The van der Waals surface area contributed by atoms with Gasteiger partial charge in [-0.15, -0.1) is 11.3 Å². The van der Waals surface area contributed by atoms with E-state index in [1.165, 1.54) is 10.6 Å². The lowest BCUT2D eigenvalue weighted by Crippen LogP contribution is -2.39. The van der Waals surface area contributed by atoms with E-state index in [2.05, 4.69) is 51.9 Å². The zero-order chi connectivity index (χ0) is 16.0. The van der Waals surface area contributed by atoms with Crippen molar-refractivity contribution in [2.45, 2.75) is 53.6 Å². The highest BCUT2D eigenvalue weighted by molar-refractivity contribution is 7.15. The number of rotatable bonds is 8. The number of aryl methyl sites for hydroxylation is 1. The Morgan fingerprint density at radius 1 is 1.38 bits per heavy atom. The van der Waals surface area contributed by atoms with Gasteiger partial charge in [-0.05, 0) is 18.8 Å². The summed E-state index contributed by atoms with van der Waals surface area (Å²) in [6.45, 7) is 13.8. The van der Waals surface area contributed by atoms with Crippen molar-refractivity contribution in [2.24, 2.45) is 5.41 Å². The molecule has 0 aliphatic rings. The third-order valence-electron chi connectivity index (χ3n) is 4.01. The van der Waals surface area contributed by atoms with Crippen molar-refractivity contribution in [3.8, 4) is 0 Å². The van der Waals surface area contributed by atoms with E-state index in [-0.39, 0.29) is 5.41 Å². The van der Waals surface area contributed by atoms with Crippen molar-refractivity contribution >= 4 is 16.5 Å². The Morgan fingerprint density at radius 2 is 2.05 bits per heavy atom. The van der Waals surface area contributed by atoms with Crippen molar-refractivity contribution in [3.63, 3.8) is 0 Å². The van der Waals surface area contributed by atoms with Crippen molar-refractivity contribution < 1.29 is 4.74 Å². The molecule has 0 fully saturated rings. The number of methoxy groups -OCH3 is 1. The van der Waals surface area contributed by atoms with Gasteiger partial charge in [0.15, 0.2) is 5.13 Å². The Labute approximate surface area is 133 Å². The fraction of sp³-hybridized carbons (Fsp3) is 0.812. The third-order valence-corrected chi connectivity index (χ3v) is 5.19. The van der Waals surface area contributed by atoms with Crippen molar-refractivity contribution in [3.05, 3.63) is 10.6 Å². The maximum absolute atomic E-state index is 5.07. The highest BCUT2D eigenvalue weighted by Crippen LogP contribution is 2.32. The van der Waals surface area contributed by atoms with Crippen LogP contribution in [0.1, 0.15) is 45.2 Å². The zero-order valence-corrected chi connectivity index (χ0v) is 15.4. The Bertz CT molecular complexity index is 426. The molecule has 1 atom stereocenters. The molecule has 0 amide bonds. The average Bonchev–Trinajstić information content (AvgIpc) is 2.84. The van der Waals surface area contributed by atoms with Crippen LogP contribution in [0.25, 0.3) is 0 Å². The number of ether oxygens (including phenoxy) is 1. The van der Waals surface area contributed by atoms with Gasteiger partial charge in [0, 0.05) is 38.2 Å².